The first-order valence-electron chi connectivity index (χ1n) is 8.18. The van der Waals surface area contributed by atoms with E-state index in [4.69, 9.17) is 0 Å². The van der Waals surface area contributed by atoms with E-state index in [0.29, 0.717) is 13.1 Å². The molecule has 2 amide bonds. The van der Waals surface area contributed by atoms with Crippen LogP contribution in [0.5, 0.6) is 0 Å². The Kier molecular flexibility index (Phi) is 4.64. The number of nitrogens with one attached hydrogen (secondary N) is 1. The van der Waals surface area contributed by atoms with E-state index in [1.807, 2.05) is 50.4 Å². The van der Waals surface area contributed by atoms with Gasteiger partial charge in [0, 0.05) is 37.1 Å². The van der Waals surface area contributed by atoms with Crippen LogP contribution >= 0.6 is 0 Å². The molecule has 1 aromatic carbocycles. The summed E-state index contributed by atoms with van der Waals surface area (Å²) in [5.74, 6) is -0.379. The van der Waals surface area contributed by atoms with Crippen LogP contribution in [0.2, 0.25) is 0 Å². The molecule has 6 heteroatoms. The zero-order chi connectivity index (χ0) is 17.1. The van der Waals surface area contributed by atoms with Crippen molar-refractivity contribution in [1.29, 1.82) is 0 Å². The quantitative estimate of drug-likeness (QED) is 0.910. The highest BCUT2D eigenvalue weighted by molar-refractivity contribution is 6.00. The second kappa shape index (κ2) is 6.86. The van der Waals surface area contributed by atoms with Gasteiger partial charge in [-0.15, -0.1) is 0 Å². The summed E-state index contributed by atoms with van der Waals surface area (Å²) in [6.45, 7) is 4.99. The first-order valence-corrected chi connectivity index (χ1v) is 8.18. The number of aromatic nitrogens is 2. The van der Waals surface area contributed by atoms with Crippen LogP contribution in [0.1, 0.15) is 18.9 Å². The fourth-order valence-corrected chi connectivity index (χ4v) is 2.95. The van der Waals surface area contributed by atoms with Gasteiger partial charge in [-0.3, -0.25) is 14.3 Å². The molecule has 0 unspecified atom stereocenters. The van der Waals surface area contributed by atoms with E-state index in [1.165, 1.54) is 0 Å². The first-order chi connectivity index (χ1) is 11.5. The highest BCUT2D eigenvalue weighted by Gasteiger charge is 2.35. The maximum atomic E-state index is 12.4. The van der Waals surface area contributed by atoms with Crippen molar-refractivity contribution < 1.29 is 9.59 Å². The van der Waals surface area contributed by atoms with Crippen molar-refractivity contribution in [3.05, 3.63) is 48.3 Å². The summed E-state index contributed by atoms with van der Waals surface area (Å²) in [6, 6.07) is 9.61. The van der Waals surface area contributed by atoms with E-state index in [9.17, 15) is 9.59 Å². The molecule has 1 aliphatic heterocycles. The van der Waals surface area contributed by atoms with Gasteiger partial charge < -0.3 is 10.2 Å². The number of benzene rings is 1. The van der Waals surface area contributed by atoms with Crippen LogP contribution in [0, 0.1) is 12.8 Å². The predicted octanol–water partition coefficient (Wildman–Crippen LogP) is 1.75. The molecule has 0 saturated carbocycles. The molecule has 2 atom stereocenters. The Labute approximate surface area is 141 Å². The summed E-state index contributed by atoms with van der Waals surface area (Å²) in [5, 5.41) is 7.12. The van der Waals surface area contributed by atoms with Crippen molar-refractivity contribution in [2.45, 2.75) is 32.9 Å². The van der Waals surface area contributed by atoms with Gasteiger partial charge in [0.25, 0.3) is 0 Å². The van der Waals surface area contributed by atoms with E-state index < -0.39 is 0 Å². The van der Waals surface area contributed by atoms with Gasteiger partial charge >= 0.3 is 0 Å². The van der Waals surface area contributed by atoms with Crippen LogP contribution in [-0.2, 0) is 16.1 Å². The van der Waals surface area contributed by atoms with Gasteiger partial charge in [-0.05, 0) is 32.0 Å². The number of aryl methyl sites for hydroxylation is 1. The highest BCUT2D eigenvalue weighted by Crippen LogP contribution is 2.25. The number of rotatable bonds is 5. The van der Waals surface area contributed by atoms with Crippen LogP contribution in [0.4, 0.5) is 5.69 Å². The largest absolute Gasteiger partial charge is 0.351 e. The highest BCUT2D eigenvalue weighted by atomic mass is 16.2. The van der Waals surface area contributed by atoms with E-state index in [-0.39, 0.29) is 30.2 Å². The number of amides is 2. The molecule has 6 nitrogen and oxygen atoms in total. The summed E-state index contributed by atoms with van der Waals surface area (Å²) in [7, 11) is 0. The first kappa shape index (κ1) is 16.2. The van der Waals surface area contributed by atoms with Crippen LogP contribution in [0.25, 0.3) is 0 Å². The zero-order valence-electron chi connectivity index (χ0n) is 14.0. The average Bonchev–Trinajstić information content (AvgIpc) is 3.17. The predicted molar refractivity (Wildman–Crippen MR) is 91.5 cm³/mol. The molecule has 1 aliphatic rings. The number of carbonyl (C=O) groups is 2. The van der Waals surface area contributed by atoms with Gasteiger partial charge in [-0.1, -0.05) is 17.7 Å². The van der Waals surface area contributed by atoms with Gasteiger partial charge in [-0.2, -0.15) is 5.10 Å². The Morgan fingerprint density at radius 1 is 1.38 bits per heavy atom. The van der Waals surface area contributed by atoms with Crippen molar-refractivity contribution in [3.63, 3.8) is 0 Å². The molecular formula is C18H22N4O2. The van der Waals surface area contributed by atoms with Gasteiger partial charge in [0.05, 0.1) is 12.5 Å². The fraction of sp³-hybridized carbons (Fsp3) is 0.389. The molecule has 0 radical (unpaired) electrons. The number of hydrogen-bond donors (Lipinski definition) is 1. The van der Waals surface area contributed by atoms with Crippen LogP contribution < -0.4 is 10.2 Å². The molecule has 1 aromatic heterocycles. The number of anilines is 1. The molecule has 2 heterocycles. The third-order valence-electron chi connectivity index (χ3n) is 4.25. The average molecular weight is 326 g/mol. The molecule has 0 spiro atoms. The lowest BCUT2D eigenvalue weighted by molar-refractivity contribution is -0.126. The minimum Gasteiger partial charge on any atom is -0.351 e. The van der Waals surface area contributed by atoms with Crippen molar-refractivity contribution >= 4 is 17.5 Å². The normalized spacial score (nSPS) is 18.7. The third-order valence-corrected chi connectivity index (χ3v) is 4.25. The molecular weight excluding hydrogens is 304 g/mol. The van der Waals surface area contributed by atoms with Gasteiger partial charge in [0.1, 0.15) is 0 Å². The van der Waals surface area contributed by atoms with Crippen LogP contribution in [0.15, 0.2) is 42.7 Å². The van der Waals surface area contributed by atoms with Gasteiger partial charge in [0.2, 0.25) is 11.8 Å². The van der Waals surface area contributed by atoms with E-state index in [1.54, 1.807) is 15.8 Å². The Bertz CT molecular complexity index is 709. The third kappa shape index (κ3) is 3.64. The Hall–Kier alpha value is -2.63. The molecule has 1 saturated heterocycles. The monoisotopic (exact) mass is 326 g/mol. The number of nitrogens with zero attached hydrogens (tertiary/aromatic N) is 3. The van der Waals surface area contributed by atoms with E-state index in [0.717, 1.165) is 11.3 Å². The summed E-state index contributed by atoms with van der Waals surface area (Å²) in [6.07, 6.45) is 3.83. The SMILES string of the molecule is Cc1ccc(N2C[C@H](C(=O)N[C@@H](C)Cn3cccn3)CC2=O)cc1. The van der Waals surface area contributed by atoms with Crippen LogP contribution in [-0.4, -0.2) is 34.2 Å². The molecule has 2 aromatic rings. The molecule has 3 rings (SSSR count). The van der Waals surface area contributed by atoms with Gasteiger partial charge in [0.15, 0.2) is 0 Å². The van der Waals surface area contributed by atoms with Gasteiger partial charge in [-0.25, -0.2) is 0 Å². The Balaban J connectivity index is 1.58. The standard InChI is InChI=1S/C18H22N4O2/c1-13-4-6-16(7-5-13)22-12-15(10-17(22)23)18(24)20-14(2)11-21-9-3-8-19-21/h3-9,14-15H,10-12H2,1-2H3,(H,20,24)/t14-,15+/m0/s1. The smallest absolute Gasteiger partial charge is 0.227 e. The van der Waals surface area contributed by atoms with Crippen molar-refractivity contribution in [3.8, 4) is 0 Å². The molecule has 126 valence electrons. The lowest BCUT2D eigenvalue weighted by Crippen LogP contribution is -2.40. The Morgan fingerprint density at radius 3 is 2.79 bits per heavy atom. The lowest BCUT2D eigenvalue weighted by atomic mass is 10.1. The second-order valence-corrected chi connectivity index (χ2v) is 6.38. The topological polar surface area (TPSA) is 67.2 Å². The zero-order valence-corrected chi connectivity index (χ0v) is 14.0. The molecule has 1 N–H and O–H groups in total. The Morgan fingerprint density at radius 2 is 2.12 bits per heavy atom. The van der Waals surface area contributed by atoms with E-state index in [2.05, 4.69) is 10.4 Å². The summed E-state index contributed by atoms with van der Waals surface area (Å²) in [5.41, 5.74) is 2.00. The molecule has 24 heavy (non-hydrogen) atoms. The summed E-state index contributed by atoms with van der Waals surface area (Å²) in [4.78, 5) is 26.4. The number of hydrogen-bond acceptors (Lipinski definition) is 3. The summed E-state index contributed by atoms with van der Waals surface area (Å²) < 4.78 is 1.78. The minimum absolute atomic E-state index is 0.00117. The summed E-state index contributed by atoms with van der Waals surface area (Å²) >= 11 is 0. The fourth-order valence-electron chi connectivity index (χ4n) is 2.95. The van der Waals surface area contributed by atoms with Crippen molar-refractivity contribution in [2.75, 3.05) is 11.4 Å². The van der Waals surface area contributed by atoms with E-state index >= 15 is 0 Å². The maximum absolute atomic E-state index is 12.4. The lowest BCUT2D eigenvalue weighted by Gasteiger charge is -2.18. The number of carbonyl (C=O) groups excluding carboxylic acids is 2. The van der Waals surface area contributed by atoms with Crippen LogP contribution in [0.3, 0.4) is 0 Å². The molecule has 0 aliphatic carbocycles. The molecule has 1 fully saturated rings. The maximum Gasteiger partial charge on any atom is 0.227 e. The van der Waals surface area contributed by atoms with Crippen molar-refractivity contribution in [2.24, 2.45) is 5.92 Å². The second-order valence-electron chi connectivity index (χ2n) is 6.38. The van der Waals surface area contributed by atoms with Crippen molar-refractivity contribution in [1.82, 2.24) is 15.1 Å². The minimum atomic E-state index is -0.307. The molecule has 0 bridgehead atoms.